The van der Waals surface area contributed by atoms with Crippen LogP contribution in [0.3, 0.4) is 0 Å². The molecule has 1 aromatic heterocycles. The molecule has 0 saturated carbocycles. The summed E-state index contributed by atoms with van der Waals surface area (Å²) in [6.45, 7) is 4.02. The highest BCUT2D eigenvalue weighted by molar-refractivity contribution is 5.72. The van der Waals surface area contributed by atoms with Gasteiger partial charge in [0.05, 0.1) is 5.69 Å². The Hall–Kier alpha value is -2.03. The minimum absolute atomic E-state index is 0.700. The lowest BCUT2D eigenvalue weighted by Gasteiger charge is -2.11. The number of nitrogens with two attached hydrogens (primary N) is 1. The number of benzene rings is 1. The maximum absolute atomic E-state index is 5.96. The van der Waals surface area contributed by atoms with E-state index in [1.165, 1.54) is 5.56 Å². The van der Waals surface area contributed by atoms with Crippen LogP contribution in [0.4, 0.5) is 17.2 Å². The summed E-state index contributed by atoms with van der Waals surface area (Å²) < 4.78 is 0. The number of hydrogen-bond donors (Lipinski definition) is 2. The van der Waals surface area contributed by atoms with Crippen LogP contribution < -0.4 is 11.1 Å². The fourth-order valence-corrected chi connectivity index (χ4v) is 1.51. The minimum atomic E-state index is 0.700. The first-order chi connectivity index (χ1) is 7.68. The lowest BCUT2D eigenvalue weighted by Crippen LogP contribution is -2.01. The Kier molecular flexibility index (Phi) is 2.77. The van der Waals surface area contributed by atoms with Gasteiger partial charge < -0.3 is 11.1 Å². The third kappa shape index (κ3) is 1.98. The lowest BCUT2D eigenvalue weighted by atomic mass is 10.2. The number of anilines is 3. The van der Waals surface area contributed by atoms with Crippen molar-refractivity contribution < 1.29 is 0 Å². The molecule has 0 amide bonds. The highest BCUT2D eigenvalue weighted by Gasteiger charge is 2.04. The SMILES string of the molecule is Cc1ccccc1Nc1nccc(C)c1N. The third-order valence-corrected chi connectivity index (χ3v) is 2.61. The molecule has 2 aromatic rings. The monoisotopic (exact) mass is 213 g/mol. The minimum Gasteiger partial charge on any atom is -0.396 e. The van der Waals surface area contributed by atoms with Gasteiger partial charge in [-0.05, 0) is 37.1 Å². The van der Waals surface area contributed by atoms with Gasteiger partial charge in [0.1, 0.15) is 0 Å². The van der Waals surface area contributed by atoms with Gasteiger partial charge in [-0.3, -0.25) is 0 Å². The van der Waals surface area contributed by atoms with E-state index in [0.29, 0.717) is 11.5 Å². The first-order valence-corrected chi connectivity index (χ1v) is 5.22. The summed E-state index contributed by atoms with van der Waals surface area (Å²) in [6, 6.07) is 9.96. The molecule has 0 radical (unpaired) electrons. The van der Waals surface area contributed by atoms with Gasteiger partial charge in [-0.15, -0.1) is 0 Å². The van der Waals surface area contributed by atoms with Crippen molar-refractivity contribution in [1.29, 1.82) is 0 Å². The van der Waals surface area contributed by atoms with Gasteiger partial charge >= 0.3 is 0 Å². The molecule has 0 spiro atoms. The molecule has 0 aliphatic heterocycles. The van der Waals surface area contributed by atoms with E-state index in [2.05, 4.69) is 10.3 Å². The largest absolute Gasteiger partial charge is 0.396 e. The molecule has 2 rings (SSSR count). The number of nitrogen functional groups attached to an aromatic ring is 1. The van der Waals surface area contributed by atoms with Gasteiger partial charge in [0.25, 0.3) is 0 Å². The molecule has 3 nitrogen and oxygen atoms in total. The van der Waals surface area contributed by atoms with E-state index in [9.17, 15) is 0 Å². The van der Waals surface area contributed by atoms with E-state index in [0.717, 1.165) is 11.3 Å². The van der Waals surface area contributed by atoms with E-state index in [4.69, 9.17) is 5.73 Å². The molecule has 82 valence electrons. The molecule has 3 heteroatoms. The normalized spacial score (nSPS) is 10.1. The second kappa shape index (κ2) is 4.23. The zero-order chi connectivity index (χ0) is 11.5. The quantitative estimate of drug-likeness (QED) is 0.806. The van der Waals surface area contributed by atoms with Gasteiger partial charge in [-0.25, -0.2) is 4.98 Å². The molecule has 0 aliphatic carbocycles. The Bertz CT molecular complexity index is 506. The lowest BCUT2D eigenvalue weighted by molar-refractivity contribution is 1.27. The second-order valence-electron chi connectivity index (χ2n) is 3.83. The van der Waals surface area contributed by atoms with Crippen LogP contribution in [0, 0.1) is 13.8 Å². The van der Waals surface area contributed by atoms with Gasteiger partial charge in [-0.1, -0.05) is 18.2 Å². The summed E-state index contributed by atoms with van der Waals surface area (Å²) in [5, 5.41) is 3.25. The molecule has 0 aliphatic rings. The first-order valence-electron chi connectivity index (χ1n) is 5.22. The molecule has 1 heterocycles. The molecular formula is C13H15N3. The number of nitrogens with one attached hydrogen (secondary N) is 1. The first kappa shape index (κ1) is 10.5. The number of aryl methyl sites for hydroxylation is 2. The number of nitrogens with zero attached hydrogens (tertiary/aromatic N) is 1. The Morgan fingerprint density at radius 1 is 1.06 bits per heavy atom. The van der Waals surface area contributed by atoms with Crippen molar-refractivity contribution >= 4 is 17.2 Å². The number of pyridine rings is 1. The fourth-order valence-electron chi connectivity index (χ4n) is 1.51. The maximum Gasteiger partial charge on any atom is 0.153 e. The number of para-hydroxylation sites is 1. The van der Waals surface area contributed by atoms with Crippen molar-refractivity contribution in [3.8, 4) is 0 Å². The van der Waals surface area contributed by atoms with Crippen LogP contribution in [0.2, 0.25) is 0 Å². The summed E-state index contributed by atoms with van der Waals surface area (Å²) in [6.07, 6.45) is 1.76. The summed E-state index contributed by atoms with van der Waals surface area (Å²) in [5.41, 5.74) is 9.89. The molecule has 3 N–H and O–H groups in total. The number of rotatable bonds is 2. The van der Waals surface area contributed by atoms with Gasteiger partial charge in [0.15, 0.2) is 5.82 Å². The van der Waals surface area contributed by atoms with Gasteiger partial charge in [0.2, 0.25) is 0 Å². The molecule has 0 bridgehead atoms. The highest BCUT2D eigenvalue weighted by Crippen LogP contribution is 2.24. The topological polar surface area (TPSA) is 50.9 Å². The van der Waals surface area contributed by atoms with E-state index in [1.807, 2.05) is 44.2 Å². The summed E-state index contributed by atoms with van der Waals surface area (Å²) in [4.78, 5) is 4.24. The van der Waals surface area contributed by atoms with Crippen molar-refractivity contribution in [3.63, 3.8) is 0 Å². The van der Waals surface area contributed by atoms with Crippen molar-refractivity contribution in [1.82, 2.24) is 4.98 Å². The number of hydrogen-bond acceptors (Lipinski definition) is 3. The molecule has 0 atom stereocenters. The average molecular weight is 213 g/mol. The zero-order valence-electron chi connectivity index (χ0n) is 9.49. The highest BCUT2D eigenvalue weighted by atomic mass is 15.0. The standard InChI is InChI=1S/C13H15N3/c1-9-5-3-4-6-11(9)16-13-12(14)10(2)7-8-15-13/h3-8H,14H2,1-2H3,(H,15,16). The average Bonchev–Trinajstić information content (AvgIpc) is 2.28. The smallest absolute Gasteiger partial charge is 0.153 e. The summed E-state index contributed by atoms with van der Waals surface area (Å²) >= 11 is 0. The fraction of sp³-hybridized carbons (Fsp3) is 0.154. The van der Waals surface area contributed by atoms with E-state index in [1.54, 1.807) is 6.20 Å². The van der Waals surface area contributed by atoms with Crippen LogP contribution in [0.1, 0.15) is 11.1 Å². The van der Waals surface area contributed by atoms with E-state index in [-0.39, 0.29) is 0 Å². The summed E-state index contributed by atoms with van der Waals surface area (Å²) in [5.74, 6) is 0.717. The van der Waals surface area contributed by atoms with Crippen molar-refractivity contribution in [3.05, 3.63) is 47.7 Å². The maximum atomic E-state index is 5.96. The van der Waals surface area contributed by atoms with Gasteiger partial charge in [0, 0.05) is 11.9 Å². The number of aromatic nitrogens is 1. The van der Waals surface area contributed by atoms with Crippen molar-refractivity contribution in [2.24, 2.45) is 0 Å². The Morgan fingerprint density at radius 3 is 2.56 bits per heavy atom. The molecule has 1 aromatic carbocycles. The van der Waals surface area contributed by atoms with Crippen LogP contribution in [0.25, 0.3) is 0 Å². The van der Waals surface area contributed by atoms with Crippen LogP contribution in [-0.2, 0) is 0 Å². The molecular weight excluding hydrogens is 198 g/mol. The van der Waals surface area contributed by atoms with Crippen molar-refractivity contribution in [2.45, 2.75) is 13.8 Å². The molecule has 0 fully saturated rings. The molecule has 0 unspecified atom stereocenters. The van der Waals surface area contributed by atoms with E-state index < -0.39 is 0 Å². The Morgan fingerprint density at radius 2 is 1.81 bits per heavy atom. The Labute approximate surface area is 95.3 Å². The van der Waals surface area contributed by atoms with Gasteiger partial charge in [-0.2, -0.15) is 0 Å². The molecule has 16 heavy (non-hydrogen) atoms. The van der Waals surface area contributed by atoms with Crippen LogP contribution >= 0.6 is 0 Å². The Balaban J connectivity index is 2.35. The summed E-state index contributed by atoms with van der Waals surface area (Å²) in [7, 11) is 0. The second-order valence-corrected chi connectivity index (χ2v) is 3.83. The predicted octanol–water partition coefficient (Wildman–Crippen LogP) is 3.02. The zero-order valence-corrected chi connectivity index (χ0v) is 9.49. The predicted molar refractivity (Wildman–Crippen MR) is 67.8 cm³/mol. The van der Waals surface area contributed by atoms with Crippen LogP contribution in [0.5, 0.6) is 0 Å². The van der Waals surface area contributed by atoms with E-state index >= 15 is 0 Å². The molecule has 0 saturated heterocycles. The third-order valence-electron chi connectivity index (χ3n) is 2.61. The van der Waals surface area contributed by atoms with Crippen LogP contribution in [0.15, 0.2) is 36.5 Å². The van der Waals surface area contributed by atoms with Crippen LogP contribution in [-0.4, -0.2) is 4.98 Å². The van der Waals surface area contributed by atoms with Crippen molar-refractivity contribution in [2.75, 3.05) is 11.1 Å².